The number of benzene rings is 1. The van der Waals surface area contributed by atoms with Gasteiger partial charge in [-0.3, -0.25) is 0 Å². The summed E-state index contributed by atoms with van der Waals surface area (Å²) in [5, 5.41) is 18.5. The lowest BCUT2D eigenvalue weighted by atomic mass is 9.75. The highest BCUT2D eigenvalue weighted by molar-refractivity contribution is 7.89. The van der Waals surface area contributed by atoms with E-state index in [1.54, 1.807) is 12.1 Å². The summed E-state index contributed by atoms with van der Waals surface area (Å²) in [7, 11) is -3.65. The molecule has 5 nitrogen and oxygen atoms in total. The minimum Gasteiger partial charge on any atom is -0.396 e. The predicted octanol–water partition coefficient (Wildman–Crippen LogP) is 1.78. The average Bonchev–Trinajstić information content (AvgIpc) is 2.54. The van der Waals surface area contributed by atoms with Crippen molar-refractivity contribution in [3.8, 4) is 6.07 Å². The van der Waals surface area contributed by atoms with E-state index >= 15 is 0 Å². The smallest absolute Gasteiger partial charge is 0.240 e. The second kappa shape index (κ2) is 6.56. The van der Waals surface area contributed by atoms with Crippen LogP contribution in [-0.4, -0.2) is 26.7 Å². The summed E-state index contributed by atoms with van der Waals surface area (Å²) >= 11 is 0. The summed E-state index contributed by atoms with van der Waals surface area (Å²) in [4.78, 5) is 0.0884. The summed E-state index contributed by atoms with van der Waals surface area (Å²) in [6, 6.07) is 7.87. The van der Waals surface area contributed by atoms with Crippen molar-refractivity contribution in [1.29, 1.82) is 5.26 Å². The molecule has 2 N–H and O–H groups in total. The number of aliphatic hydroxyl groups excluding tert-OH is 1. The lowest BCUT2D eigenvalue weighted by Crippen LogP contribution is -2.41. The molecule has 1 saturated carbocycles. The fourth-order valence-electron chi connectivity index (χ4n) is 2.76. The van der Waals surface area contributed by atoms with Crippen molar-refractivity contribution < 1.29 is 13.5 Å². The molecule has 0 unspecified atom stereocenters. The number of hydrogen-bond acceptors (Lipinski definition) is 4. The third-order valence-electron chi connectivity index (χ3n) is 4.16. The summed E-state index contributed by atoms with van der Waals surface area (Å²) in [6.45, 7) is 0.233. The SMILES string of the molecule is N#Cc1cccc(S(=O)(=O)NCC2(CO)CCCCC2)c1. The zero-order valence-electron chi connectivity index (χ0n) is 11.9. The molecule has 0 saturated heterocycles. The van der Waals surface area contributed by atoms with Gasteiger partial charge in [0.1, 0.15) is 0 Å². The second-order valence-corrected chi connectivity index (χ2v) is 7.45. The van der Waals surface area contributed by atoms with Gasteiger partial charge in [0.05, 0.1) is 16.5 Å². The quantitative estimate of drug-likeness (QED) is 0.867. The van der Waals surface area contributed by atoms with E-state index in [2.05, 4.69) is 4.72 Å². The molecular formula is C15H20N2O3S. The largest absolute Gasteiger partial charge is 0.396 e. The molecule has 21 heavy (non-hydrogen) atoms. The molecule has 0 bridgehead atoms. The first-order chi connectivity index (χ1) is 10.0. The van der Waals surface area contributed by atoms with Gasteiger partial charge in [0.15, 0.2) is 0 Å². The molecule has 114 valence electrons. The van der Waals surface area contributed by atoms with E-state index in [0.717, 1.165) is 32.1 Å². The normalized spacial score (nSPS) is 18.1. The van der Waals surface area contributed by atoms with Crippen LogP contribution in [0.4, 0.5) is 0 Å². The first-order valence-electron chi connectivity index (χ1n) is 7.12. The minimum atomic E-state index is -3.65. The number of aliphatic hydroxyl groups is 1. The molecule has 0 atom stereocenters. The predicted molar refractivity (Wildman–Crippen MR) is 78.9 cm³/mol. The van der Waals surface area contributed by atoms with Crippen LogP contribution in [0.2, 0.25) is 0 Å². The van der Waals surface area contributed by atoms with Crippen LogP contribution < -0.4 is 4.72 Å². The van der Waals surface area contributed by atoms with Gasteiger partial charge < -0.3 is 5.11 Å². The maximum Gasteiger partial charge on any atom is 0.240 e. The van der Waals surface area contributed by atoms with Crippen LogP contribution in [0.25, 0.3) is 0 Å². The second-order valence-electron chi connectivity index (χ2n) is 5.68. The molecule has 1 aromatic rings. The first kappa shape index (κ1) is 16.0. The van der Waals surface area contributed by atoms with E-state index in [0.29, 0.717) is 5.56 Å². The molecule has 0 heterocycles. The standard InChI is InChI=1S/C15H20N2O3S/c16-10-13-5-4-6-14(9-13)21(19,20)17-11-15(12-18)7-2-1-3-8-15/h4-6,9,17-18H,1-3,7-8,11-12H2. The Morgan fingerprint density at radius 3 is 2.62 bits per heavy atom. The molecule has 0 aromatic heterocycles. The Balaban J connectivity index is 2.12. The molecule has 1 aliphatic rings. The fourth-order valence-corrected chi connectivity index (χ4v) is 3.96. The van der Waals surface area contributed by atoms with Gasteiger partial charge in [-0.1, -0.05) is 25.3 Å². The molecule has 1 aliphatic carbocycles. The van der Waals surface area contributed by atoms with Crippen LogP contribution in [0.5, 0.6) is 0 Å². The van der Waals surface area contributed by atoms with E-state index in [-0.39, 0.29) is 23.5 Å². The van der Waals surface area contributed by atoms with Gasteiger partial charge in [-0.15, -0.1) is 0 Å². The van der Waals surface area contributed by atoms with Crippen LogP contribution in [0.1, 0.15) is 37.7 Å². The van der Waals surface area contributed by atoms with Gasteiger partial charge in [-0.05, 0) is 31.0 Å². The van der Waals surface area contributed by atoms with Gasteiger partial charge in [0, 0.05) is 18.6 Å². The van der Waals surface area contributed by atoms with Gasteiger partial charge in [-0.2, -0.15) is 5.26 Å². The maximum absolute atomic E-state index is 12.3. The summed E-state index contributed by atoms with van der Waals surface area (Å²) < 4.78 is 27.2. The maximum atomic E-state index is 12.3. The van der Waals surface area contributed by atoms with Crippen molar-refractivity contribution in [2.75, 3.05) is 13.2 Å². The highest BCUT2D eigenvalue weighted by atomic mass is 32.2. The van der Waals surface area contributed by atoms with Crippen LogP contribution in [0.3, 0.4) is 0 Å². The minimum absolute atomic E-state index is 0.00620. The third kappa shape index (κ3) is 3.82. The number of hydrogen-bond donors (Lipinski definition) is 2. The summed E-state index contributed by atoms with van der Waals surface area (Å²) in [5.41, 5.74) is -0.0366. The molecule has 1 aromatic carbocycles. The van der Waals surface area contributed by atoms with Crippen molar-refractivity contribution in [3.05, 3.63) is 29.8 Å². The lowest BCUT2D eigenvalue weighted by Gasteiger charge is -2.35. The third-order valence-corrected chi connectivity index (χ3v) is 5.56. The Morgan fingerprint density at radius 1 is 1.29 bits per heavy atom. The highest BCUT2D eigenvalue weighted by Gasteiger charge is 2.32. The van der Waals surface area contributed by atoms with E-state index in [1.165, 1.54) is 12.1 Å². The summed E-state index contributed by atoms with van der Waals surface area (Å²) in [5.74, 6) is 0. The van der Waals surface area contributed by atoms with Gasteiger partial charge >= 0.3 is 0 Å². The van der Waals surface area contributed by atoms with Crippen molar-refractivity contribution in [3.63, 3.8) is 0 Å². The van der Waals surface area contributed by atoms with Crippen molar-refractivity contribution >= 4 is 10.0 Å². The fraction of sp³-hybridized carbons (Fsp3) is 0.533. The number of rotatable bonds is 5. The molecule has 0 radical (unpaired) electrons. The summed E-state index contributed by atoms with van der Waals surface area (Å²) in [6.07, 6.45) is 4.85. The van der Waals surface area contributed by atoms with E-state index < -0.39 is 10.0 Å². The zero-order valence-corrected chi connectivity index (χ0v) is 12.7. The van der Waals surface area contributed by atoms with Gasteiger partial charge in [-0.25, -0.2) is 13.1 Å². The van der Waals surface area contributed by atoms with Crippen molar-refractivity contribution in [2.45, 2.75) is 37.0 Å². The first-order valence-corrected chi connectivity index (χ1v) is 8.60. The number of nitrogens with zero attached hydrogens (tertiary/aromatic N) is 1. The van der Waals surface area contributed by atoms with Crippen molar-refractivity contribution in [1.82, 2.24) is 4.72 Å². The van der Waals surface area contributed by atoms with Gasteiger partial charge in [0.2, 0.25) is 10.0 Å². The van der Waals surface area contributed by atoms with Crippen molar-refractivity contribution in [2.24, 2.45) is 5.41 Å². The van der Waals surface area contributed by atoms with Crippen LogP contribution in [-0.2, 0) is 10.0 Å². The Hall–Kier alpha value is -1.42. The Bertz CT molecular complexity index is 629. The Kier molecular flexibility index (Phi) is 4.99. The zero-order chi connectivity index (χ0) is 15.3. The molecule has 2 rings (SSSR count). The molecule has 0 spiro atoms. The number of nitrogens with one attached hydrogen (secondary N) is 1. The van der Waals surface area contributed by atoms with Gasteiger partial charge in [0.25, 0.3) is 0 Å². The monoisotopic (exact) mass is 308 g/mol. The van der Waals surface area contributed by atoms with E-state index in [1.807, 2.05) is 6.07 Å². The number of sulfonamides is 1. The van der Waals surface area contributed by atoms with Crippen LogP contribution in [0, 0.1) is 16.7 Å². The van der Waals surface area contributed by atoms with E-state index in [4.69, 9.17) is 5.26 Å². The Labute approximate surface area is 125 Å². The highest BCUT2D eigenvalue weighted by Crippen LogP contribution is 2.35. The van der Waals surface area contributed by atoms with E-state index in [9.17, 15) is 13.5 Å². The Morgan fingerprint density at radius 2 is 2.00 bits per heavy atom. The average molecular weight is 308 g/mol. The topological polar surface area (TPSA) is 90.2 Å². The molecule has 6 heteroatoms. The molecule has 0 amide bonds. The van der Waals surface area contributed by atoms with Crippen LogP contribution >= 0.6 is 0 Å². The van der Waals surface area contributed by atoms with Crippen LogP contribution in [0.15, 0.2) is 29.2 Å². The molecular weight excluding hydrogens is 288 g/mol. The molecule has 0 aliphatic heterocycles. The number of nitriles is 1. The lowest BCUT2D eigenvalue weighted by molar-refractivity contribution is 0.0867. The molecule has 1 fully saturated rings.